The first kappa shape index (κ1) is 20.0. The van der Waals surface area contributed by atoms with E-state index in [1.165, 1.54) is 0 Å². The number of nitrogens with one attached hydrogen (secondary N) is 2. The summed E-state index contributed by atoms with van der Waals surface area (Å²) in [6.07, 6.45) is 2.37. The zero-order valence-corrected chi connectivity index (χ0v) is 17.4. The molecule has 0 saturated carbocycles. The molecular formula is C22H25N5O3. The summed E-state index contributed by atoms with van der Waals surface area (Å²) >= 11 is 0. The monoisotopic (exact) mass is 407 g/mol. The van der Waals surface area contributed by atoms with Crippen LogP contribution in [0.1, 0.15) is 45.5 Å². The van der Waals surface area contributed by atoms with Crippen LogP contribution in [-0.4, -0.2) is 44.0 Å². The lowest BCUT2D eigenvalue weighted by atomic mass is 10.0. The number of fused-ring (bicyclic) bond motifs is 1. The highest BCUT2D eigenvalue weighted by atomic mass is 16.5. The molecule has 0 fully saturated rings. The van der Waals surface area contributed by atoms with E-state index < -0.39 is 0 Å². The van der Waals surface area contributed by atoms with Crippen LogP contribution in [0.3, 0.4) is 0 Å². The Balaban J connectivity index is 1.56. The Hall–Kier alpha value is -3.26. The summed E-state index contributed by atoms with van der Waals surface area (Å²) in [7, 11) is 0. The summed E-state index contributed by atoms with van der Waals surface area (Å²) in [4.78, 5) is 42.1. The maximum atomic E-state index is 12.7. The molecule has 3 aromatic heterocycles. The van der Waals surface area contributed by atoms with E-state index in [-0.39, 0.29) is 11.5 Å². The minimum Gasteiger partial charge on any atom is -0.461 e. The van der Waals surface area contributed by atoms with Gasteiger partial charge < -0.3 is 14.7 Å². The highest BCUT2D eigenvalue weighted by Crippen LogP contribution is 2.24. The van der Waals surface area contributed by atoms with Crippen LogP contribution in [0, 0.1) is 13.8 Å². The van der Waals surface area contributed by atoms with Crippen molar-refractivity contribution in [2.45, 2.75) is 40.3 Å². The first-order chi connectivity index (χ1) is 14.5. The van der Waals surface area contributed by atoms with E-state index in [0.29, 0.717) is 48.9 Å². The molecule has 0 bridgehead atoms. The van der Waals surface area contributed by atoms with Gasteiger partial charge in [-0.25, -0.2) is 9.78 Å². The molecule has 8 nitrogen and oxygen atoms in total. The second-order valence-electron chi connectivity index (χ2n) is 7.46. The molecule has 8 heteroatoms. The zero-order chi connectivity index (χ0) is 21.3. The third kappa shape index (κ3) is 3.78. The third-order valence-electron chi connectivity index (χ3n) is 5.51. The maximum Gasteiger partial charge on any atom is 0.355 e. The number of aryl methyl sites for hydroxylation is 1. The number of rotatable bonds is 5. The normalized spacial score (nSPS) is 13.8. The van der Waals surface area contributed by atoms with E-state index in [9.17, 15) is 9.59 Å². The second-order valence-corrected chi connectivity index (χ2v) is 7.46. The molecule has 1 aliphatic heterocycles. The number of esters is 1. The molecule has 0 spiro atoms. The second kappa shape index (κ2) is 8.23. The SMILES string of the molecule is CCOC(=O)c1[nH]c(C)c(CN2CCc3nc(-c4ccccn4)[nH]c(=O)c3C2)c1C. The Kier molecular flexibility index (Phi) is 5.50. The van der Waals surface area contributed by atoms with Gasteiger partial charge in [0.05, 0.1) is 17.9 Å². The Morgan fingerprint density at radius 3 is 2.83 bits per heavy atom. The number of H-pyrrole nitrogens is 2. The van der Waals surface area contributed by atoms with Crippen LogP contribution in [-0.2, 0) is 24.2 Å². The van der Waals surface area contributed by atoms with Gasteiger partial charge in [-0.3, -0.25) is 14.7 Å². The third-order valence-corrected chi connectivity index (χ3v) is 5.51. The van der Waals surface area contributed by atoms with Crippen LogP contribution in [0.2, 0.25) is 0 Å². The van der Waals surface area contributed by atoms with Gasteiger partial charge in [0.1, 0.15) is 11.4 Å². The predicted octanol–water partition coefficient (Wildman–Crippen LogP) is 2.51. The first-order valence-corrected chi connectivity index (χ1v) is 10.1. The summed E-state index contributed by atoms with van der Waals surface area (Å²) in [6.45, 7) is 7.95. The quantitative estimate of drug-likeness (QED) is 0.630. The van der Waals surface area contributed by atoms with E-state index in [1.54, 1.807) is 13.1 Å². The minimum absolute atomic E-state index is 0.125. The topological polar surface area (TPSA) is 104 Å². The number of carbonyl (C=O) groups excluding carboxylic acids is 1. The number of aromatic nitrogens is 4. The summed E-state index contributed by atoms with van der Waals surface area (Å²) in [5, 5.41) is 0. The van der Waals surface area contributed by atoms with Crippen molar-refractivity contribution >= 4 is 5.97 Å². The largest absolute Gasteiger partial charge is 0.461 e. The van der Waals surface area contributed by atoms with Gasteiger partial charge in [0.15, 0.2) is 5.82 Å². The fourth-order valence-corrected chi connectivity index (χ4v) is 3.90. The fraction of sp³-hybridized carbons (Fsp3) is 0.364. The number of carbonyl (C=O) groups is 1. The lowest BCUT2D eigenvalue weighted by Gasteiger charge is -2.28. The fourth-order valence-electron chi connectivity index (χ4n) is 3.90. The average molecular weight is 407 g/mol. The molecule has 0 radical (unpaired) electrons. The number of hydrogen-bond donors (Lipinski definition) is 2. The first-order valence-electron chi connectivity index (χ1n) is 10.1. The van der Waals surface area contributed by atoms with Crippen molar-refractivity contribution in [3.8, 4) is 11.5 Å². The Morgan fingerprint density at radius 1 is 1.27 bits per heavy atom. The molecule has 0 saturated heterocycles. The van der Waals surface area contributed by atoms with Crippen LogP contribution in [0.4, 0.5) is 0 Å². The smallest absolute Gasteiger partial charge is 0.355 e. The Labute approximate surface area is 174 Å². The van der Waals surface area contributed by atoms with Crippen molar-refractivity contribution in [1.29, 1.82) is 0 Å². The van der Waals surface area contributed by atoms with Gasteiger partial charge in [-0.1, -0.05) is 6.07 Å². The van der Waals surface area contributed by atoms with Crippen molar-refractivity contribution in [3.05, 3.63) is 68.5 Å². The van der Waals surface area contributed by atoms with Gasteiger partial charge >= 0.3 is 5.97 Å². The molecule has 0 aromatic carbocycles. The lowest BCUT2D eigenvalue weighted by Crippen LogP contribution is -2.35. The van der Waals surface area contributed by atoms with Gasteiger partial charge in [-0.2, -0.15) is 0 Å². The Bertz CT molecular complexity index is 1130. The van der Waals surface area contributed by atoms with E-state index in [1.807, 2.05) is 32.0 Å². The van der Waals surface area contributed by atoms with Crippen molar-refractivity contribution in [2.75, 3.05) is 13.2 Å². The number of aromatic amines is 2. The van der Waals surface area contributed by atoms with Gasteiger partial charge in [-0.15, -0.1) is 0 Å². The standard InChI is InChI=1S/C22H25N5O3/c1-4-30-22(29)19-13(2)15(14(3)24-19)11-27-10-8-17-16(12-27)21(28)26-20(25-17)18-7-5-6-9-23-18/h5-7,9,24H,4,8,10-12H2,1-3H3,(H,25,26,28). The van der Waals surface area contributed by atoms with Crippen LogP contribution in [0.25, 0.3) is 11.5 Å². The van der Waals surface area contributed by atoms with Crippen molar-refractivity contribution in [3.63, 3.8) is 0 Å². The molecule has 2 N–H and O–H groups in total. The highest BCUT2D eigenvalue weighted by molar-refractivity contribution is 5.89. The van der Waals surface area contributed by atoms with Crippen LogP contribution in [0.15, 0.2) is 29.2 Å². The Morgan fingerprint density at radius 2 is 2.10 bits per heavy atom. The summed E-state index contributed by atoms with van der Waals surface area (Å²) in [5.41, 5.74) is 5.46. The highest BCUT2D eigenvalue weighted by Gasteiger charge is 2.25. The minimum atomic E-state index is -0.337. The van der Waals surface area contributed by atoms with Crippen molar-refractivity contribution < 1.29 is 9.53 Å². The van der Waals surface area contributed by atoms with Gasteiger partial charge in [-0.05, 0) is 44.0 Å². The van der Waals surface area contributed by atoms with Crippen molar-refractivity contribution in [2.24, 2.45) is 0 Å². The van der Waals surface area contributed by atoms with Gasteiger partial charge in [0.25, 0.3) is 5.56 Å². The van der Waals surface area contributed by atoms with E-state index >= 15 is 0 Å². The predicted molar refractivity (Wildman–Crippen MR) is 112 cm³/mol. The number of hydrogen-bond acceptors (Lipinski definition) is 6. The molecule has 0 amide bonds. The molecule has 1 aliphatic rings. The molecule has 0 unspecified atom stereocenters. The molecule has 4 heterocycles. The van der Waals surface area contributed by atoms with Gasteiger partial charge in [0.2, 0.25) is 0 Å². The summed E-state index contributed by atoms with van der Waals surface area (Å²) < 4.78 is 5.13. The molecule has 4 rings (SSSR count). The van der Waals surface area contributed by atoms with Crippen LogP contribution < -0.4 is 5.56 Å². The number of ether oxygens (including phenoxy) is 1. The molecule has 0 aliphatic carbocycles. The maximum absolute atomic E-state index is 12.7. The summed E-state index contributed by atoms with van der Waals surface area (Å²) in [5.74, 6) is 0.167. The molecular weight excluding hydrogens is 382 g/mol. The zero-order valence-electron chi connectivity index (χ0n) is 17.4. The van der Waals surface area contributed by atoms with E-state index in [0.717, 1.165) is 29.1 Å². The molecule has 0 atom stereocenters. The average Bonchev–Trinajstić information content (AvgIpc) is 3.03. The van der Waals surface area contributed by atoms with Crippen molar-refractivity contribution in [1.82, 2.24) is 24.8 Å². The molecule has 156 valence electrons. The molecule has 3 aromatic rings. The number of pyridine rings is 1. The lowest BCUT2D eigenvalue weighted by molar-refractivity contribution is 0.0519. The van der Waals surface area contributed by atoms with Gasteiger partial charge in [0, 0.05) is 37.9 Å². The summed E-state index contributed by atoms with van der Waals surface area (Å²) in [6, 6.07) is 5.53. The van der Waals surface area contributed by atoms with E-state index in [4.69, 9.17) is 4.74 Å². The van der Waals surface area contributed by atoms with Crippen LogP contribution in [0.5, 0.6) is 0 Å². The number of nitrogens with zero attached hydrogens (tertiary/aromatic N) is 3. The van der Waals surface area contributed by atoms with Crippen LogP contribution >= 0.6 is 0 Å². The molecule has 30 heavy (non-hydrogen) atoms. The van der Waals surface area contributed by atoms with E-state index in [2.05, 4.69) is 24.8 Å².